The largest absolute Gasteiger partial charge is 0.479 e. The van der Waals surface area contributed by atoms with Gasteiger partial charge in [0, 0.05) is 18.6 Å². The molecule has 0 spiro atoms. The van der Waals surface area contributed by atoms with Gasteiger partial charge in [-0.05, 0) is 31.5 Å². The maximum absolute atomic E-state index is 11.2. The molecule has 0 amide bonds. The Hall–Kier alpha value is -1.62. The maximum Gasteiger partial charge on any atom is 0.209 e. The van der Waals surface area contributed by atoms with E-state index in [9.17, 15) is 8.42 Å². The molecule has 0 heterocycles. The summed E-state index contributed by atoms with van der Waals surface area (Å²) in [6, 6.07) is 9.31. The van der Waals surface area contributed by atoms with Crippen molar-refractivity contribution in [2.75, 3.05) is 19.4 Å². The summed E-state index contributed by atoms with van der Waals surface area (Å²) in [6.07, 6.45) is 1.15. The van der Waals surface area contributed by atoms with Gasteiger partial charge in [-0.2, -0.15) is 5.26 Å². The molecule has 0 aliphatic carbocycles. The minimum Gasteiger partial charge on any atom is -0.479 e. The molecule has 0 aliphatic heterocycles. The molecule has 0 unspecified atom stereocenters. The fourth-order valence-corrected chi connectivity index (χ4v) is 2.95. The van der Waals surface area contributed by atoms with E-state index in [1.807, 2.05) is 32.0 Å². The van der Waals surface area contributed by atoms with E-state index in [0.717, 1.165) is 11.8 Å². The lowest BCUT2D eigenvalue weighted by Crippen LogP contribution is -2.49. The second-order valence-electron chi connectivity index (χ2n) is 5.45. The zero-order valence-electron chi connectivity index (χ0n) is 12.5. The molecule has 1 rings (SSSR count). The molecule has 2 N–H and O–H groups in total. The number of nitriles is 1. The number of hydrogen-bond donors (Lipinski definition) is 2. The van der Waals surface area contributed by atoms with Crippen molar-refractivity contribution in [1.29, 1.82) is 5.26 Å². The van der Waals surface area contributed by atoms with Crippen LogP contribution >= 0.6 is 0 Å². The summed E-state index contributed by atoms with van der Waals surface area (Å²) < 4.78 is 30.2. The van der Waals surface area contributed by atoms with Gasteiger partial charge in [-0.25, -0.2) is 13.1 Å². The maximum atomic E-state index is 11.2. The molecule has 0 aliphatic rings. The van der Waals surface area contributed by atoms with Crippen molar-refractivity contribution in [3.05, 3.63) is 29.8 Å². The zero-order chi connectivity index (χ0) is 15.9. The topological polar surface area (TPSA) is 91.2 Å². The highest BCUT2D eigenvalue weighted by Gasteiger charge is 2.21. The van der Waals surface area contributed by atoms with E-state index in [1.165, 1.54) is 0 Å². The van der Waals surface area contributed by atoms with Gasteiger partial charge >= 0.3 is 0 Å². The van der Waals surface area contributed by atoms with Crippen molar-refractivity contribution in [1.82, 2.24) is 10.0 Å². The third-order valence-electron chi connectivity index (χ3n) is 2.58. The first kappa shape index (κ1) is 17.4. The smallest absolute Gasteiger partial charge is 0.209 e. The first-order chi connectivity index (χ1) is 9.72. The second-order valence-corrected chi connectivity index (χ2v) is 7.20. The molecule has 0 radical (unpaired) electrons. The van der Waals surface area contributed by atoms with Crippen molar-refractivity contribution in [2.24, 2.45) is 0 Å². The lowest BCUT2D eigenvalue weighted by atomic mass is 10.1. The van der Waals surface area contributed by atoms with Crippen LogP contribution in [-0.2, 0) is 16.6 Å². The first-order valence-electron chi connectivity index (χ1n) is 6.50. The lowest BCUT2D eigenvalue weighted by molar-refractivity contribution is 0.368. The summed E-state index contributed by atoms with van der Waals surface area (Å²) in [5, 5.41) is 11.6. The number of nitrogens with zero attached hydrogens (tertiary/aromatic N) is 1. The van der Waals surface area contributed by atoms with Crippen molar-refractivity contribution in [3.63, 3.8) is 0 Å². The molecule has 0 fully saturated rings. The Morgan fingerprint density at radius 1 is 1.29 bits per heavy atom. The van der Waals surface area contributed by atoms with Gasteiger partial charge in [-0.1, -0.05) is 12.1 Å². The summed E-state index contributed by atoms with van der Waals surface area (Å²) in [7, 11) is -3.22. The predicted molar refractivity (Wildman–Crippen MR) is 81.3 cm³/mol. The molecule has 0 saturated carbocycles. The molecule has 21 heavy (non-hydrogen) atoms. The van der Waals surface area contributed by atoms with Gasteiger partial charge < -0.3 is 10.1 Å². The zero-order valence-corrected chi connectivity index (χ0v) is 13.3. The lowest BCUT2D eigenvalue weighted by Gasteiger charge is -2.25. The fourth-order valence-electron chi connectivity index (χ4n) is 1.88. The van der Waals surface area contributed by atoms with Gasteiger partial charge in [-0.3, -0.25) is 0 Å². The van der Waals surface area contributed by atoms with Crippen LogP contribution in [0.1, 0.15) is 19.4 Å². The van der Waals surface area contributed by atoms with Crippen LogP contribution in [0.2, 0.25) is 0 Å². The molecule has 1 aromatic carbocycles. The highest BCUT2D eigenvalue weighted by molar-refractivity contribution is 7.88. The minimum atomic E-state index is -3.22. The highest BCUT2D eigenvalue weighted by atomic mass is 32.2. The molecule has 116 valence electrons. The van der Waals surface area contributed by atoms with Crippen LogP contribution in [0.5, 0.6) is 5.75 Å². The minimum absolute atomic E-state index is 0.0307. The number of rotatable bonds is 8. The summed E-state index contributed by atoms with van der Waals surface area (Å²) >= 11 is 0. The van der Waals surface area contributed by atoms with Crippen LogP contribution in [0, 0.1) is 11.3 Å². The number of benzene rings is 1. The SMILES string of the molecule is CC(C)(CNCc1ccc(OCC#N)cc1)NS(C)(=O)=O. The molecule has 1 aromatic rings. The molecule has 0 atom stereocenters. The number of hydrogen-bond acceptors (Lipinski definition) is 5. The molecule has 7 heteroatoms. The molecule has 0 saturated heterocycles. The summed E-state index contributed by atoms with van der Waals surface area (Å²) in [4.78, 5) is 0. The van der Waals surface area contributed by atoms with Crippen LogP contribution in [0.15, 0.2) is 24.3 Å². The Morgan fingerprint density at radius 2 is 1.90 bits per heavy atom. The van der Waals surface area contributed by atoms with Crippen molar-refractivity contribution >= 4 is 10.0 Å². The van der Waals surface area contributed by atoms with E-state index in [2.05, 4.69) is 10.0 Å². The Morgan fingerprint density at radius 3 is 2.43 bits per heavy atom. The van der Waals surface area contributed by atoms with Crippen molar-refractivity contribution < 1.29 is 13.2 Å². The Labute approximate surface area is 126 Å². The van der Waals surface area contributed by atoms with Gasteiger partial charge in [0.25, 0.3) is 0 Å². The van der Waals surface area contributed by atoms with E-state index in [4.69, 9.17) is 10.00 Å². The van der Waals surface area contributed by atoms with Crippen molar-refractivity contribution in [2.45, 2.75) is 25.9 Å². The highest BCUT2D eigenvalue weighted by Crippen LogP contribution is 2.12. The number of nitrogens with one attached hydrogen (secondary N) is 2. The van der Waals surface area contributed by atoms with Crippen LogP contribution in [-0.4, -0.2) is 33.4 Å². The monoisotopic (exact) mass is 311 g/mol. The van der Waals surface area contributed by atoms with Crippen LogP contribution in [0.3, 0.4) is 0 Å². The van der Waals surface area contributed by atoms with Gasteiger partial charge in [0.2, 0.25) is 10.0 Å². The summed E-state index contributed by atoms with van der Waals surface area (Å²) in [5.41, 5.74) is 0.498. The average molecular weight is 311 g/mol. The van der Waals surface area contributed by atoms with Crippen molar-refractivity contribution in [3.8, 4) is 11.8 Å². The standard InChI is InChI=1S/C14H21N3O3S/c1-14(2,17-21(3,18)19)11-16-10-12-4-6-13(7-5-12)20-9-8-15/h4-7,16-17H,9-11H2,1-3H3. The van der Waals surface area contributed by atoms with Gasteiger partial charge in [-0.15, -0.1) is 0 Å². The Kier molecular flexibility index (Phi) is 6.15. The normalized spacial score (nSPS) is 11.9. The molecular formula is C14H21N3O3S. The predicted octanol–water partition coefficient (Wildman–Crippen LogP) is 1.01. The quantitative estimate of drug-likeness (QED) is 0.747. The molecular weight excluding hydrogens is 290 g/mol. The first-order valence-corrected chi connectivity index (χ1v) is 8.39. The van der Waals surface area contributed by atoms with Crippen LogP contribution < -0.4 is 14.8 Å². The molecule has 0 bridgehead atoms. The van der Waals surface area contributed by atoms with E-state index in [-0.39, 0.29) is 6.61 Å². The van der Waals surface area contributed by atoms with E-state index in [1.54, 1.807) is 12.1 Å². The third kappa shape index (κ3) is 7.66. The Balaban J connectivity index is 2.44. The number of ether oxygens (including phenoxy) is 1. The Bertz CT molecular complexity index is 589. The van der Waals surface area contributed by atoms with Gasteiger partial charge in [0.05, 0.1) is 6.26 Å². The average Bonchev–Trinajstić information content (AvgIpc) is 2.34. The molecule has 6 nitrogen and oxygen atoms in total. The van der Waals surface area contributed by atoms with Gasteiger partial charge in [0.15, 0.2) is 6.61 Å². The second kappa shape index (κ2) is 7.41. The van der Waals surface area contributed by atoms with E-state index >= 15 is 0 Å². The fraction of sp³-hybridized carbons (Fsp3) is 0.500. The summed E-state index contributed by atoms with van der Waals surface area (Å²) in [6.45, 7) is 4.79. The van der Waals surface area contributed by atoms with E-state index in [0.29, 0.717) is 18.8 Å². The van der Waals surface area contributed by atoms with Crippen LogP contribution in [0.25, 0.3) is 0 Å². The van der Waals surface area contributed by atoms with Crippen LogP contribution in [0.4, 0.5) is 0 Å². The van der Waals surface area contributed by atoms with E-state index < -0.39 is 15.6 Å². The van der Waals surface area contributed by atoms with Gasteiger partial charge in [0.1, 0.15) is 11.8 Å². The number of sulfonamides is 1. The molecule has 0 aromatic heterocycles. The summed E-state index contributed by atoms with van der Waals surface area (Å²) in [5.74, 6) is 0.652. The third-order valence-corrected chi connectivity index (χ3v) is 3.51.